The number of benzene rings is 1. The zero-order chi connectivity index (χ0) is 10.7. The summed E-state index contributed by atoms with van der Waals surface area (Å²) in [5.41, 5.74) is 1.39. The Hall–Kier alpha value is -1.02. The SMILES string of the molecule is CCOc1ccccc1C1CC1CNC. The van der Waals surface area contributed by atoms with E-state index in [9.17, 15) is 0 Å². The molecule has 0 aromatic heterocycles. The molecule has 2 nitrogen and oxygen atoms in total. The maximum Gasteiger partial charge on any atom is 0.122 e. The summed E-state index contributed by atoms with van der Waals surface area (Å²) in [6, 6.07) is 8.43. The summed E-state index contributed by atoms with van der Waals surface area (Å²) in [4.78, 5) is 0. The fourth-order valence-corrected chi connectivity index (χ4v) is 2.19. The Morgan fingerprint density at radius 3 is 2.93 bits per heavy atom. The Morgan fingerprint density at radius 2 is 2.20 bits per heavy atom. The molecule has 82 valence electrons. The Morgan fingerprint density at radius 1 is 1.40 bits per heavy atom. The molecule has 2 heteroatoms. The molecule has 1 fully saturated rings. The molecule has 1 aliphatic rings. The Bertz CT molecular complexity index is 324. The fraction of sp³-hybridized carbons (Fsp3) is 0.538. The zero-order valence-corrected chi connectivity index (χ0v) is 9.49. The largest absolute Gasteiger partial charge is 0.494 e. The summed E-state index contributed by atoms with van der Waals surface area (Å²) in [7, 11) is 2.02. The number of para-hydroxylation sites is 1. The van der Waals surface area contributed by atoms with E-state index in [4.69, 9.17) is 4.74 Å². The van der Waals surface area contributed by atoms with Crippen LogP contribution >= 0.6 is 0 Å². The van der Waals surface area contributed by atoms with Gasteiger partial charge in [-0.15, -0.1) is 0 Å². The molecular weight excluding hydrogens is 186 g/mol. The molecule has 0 aliphatic heterocycles. The molecule has 2 rings (SSSR count). The van der Waals surface area contributed by atoms with Crippen molar-refractivity contribution in [3.63, 3.8) is 0 Å². The van der Waals surface area contributed by atoms with Crippen molar-refractivity contribution in [1.29, 1.82) is 0 Å². The van der Waals surface area contributed by atoms with Crippen LogP contribution in [0.15, 0.2) is 24.3 Å². The lowest BCUT2D eigenvalue weighted by Crippen LogP contribution is -2.10. The van der Waals surface area contributed by atoms with Crippen molar-refractivity contribution in [2.45, 2.75) is 19.3 Å². The normalized spacial score (nSPS) is 23.9. The van der Waals surface area contributed by atoms with Gasteiger partial charge in [0.2, 0.25) is 0 Å². The summed E-state index contributed by atoms with van der Waals surface area (Å²) in [6.07, 6.45) is 1.30. The van der Waals surface area contributed by atoms with Gasteiger partial charge >= 0.3 is 0 Å². The minimum atomic E-state index is 0.709. The van der Waals surface area contributed by atoms with Crippen LogP contribution in [-0.4, -0.2) is 20.2 Å². The molecule has 2 atom stereocenters. The molecule has 0 heterocycles. The topological polar surface area (TPSA) is 21.3 Å². The van der Waals surface area contributed by atoms with E-state index in [1.165, 1.54) is 12.0 Å². The van der Waals surface area contributed by atoms with Crippen LogP contribution in [0.2, 0.25) is 0 Å². The number of hydrogen-bond donors (Lipinski definition) is 1. The van der Waals surface area contributed by atoms with Crippen LogP contribution < -0.4 is 10.1 Å². The van der Waals surface area contributed by atoms with Crippen LogP contribution in [0.5, 0.6) is 5.75 Å². The first-order valence-corrected chi connectivity index (χ1v) is 5.73. The van der Waals surface area contributed by atoms with Crippen molar-refractivity contribution >= 4 is 0 Å². The summed E-state index contributed by atoms with van der Waals surface area (Å²) in [5.74, 6) is 2.58. The molecule has 0 amide bonds. The smallest absolute Gasteiger partial charge is 0.122 e. The van der Waals surface area contributed by atoms with Gasteiger partial charge in [0.1, 0.15) is 5.75 Å². The van der Waals surface area contributed by atoms with E-state index in [-0.39, 0.29) is 0 Å². The number of ether oxygens (including phenoxy) is 1. The summed E-state index contributed by atoms with van der Waals surface area (Å²) < 4.78 is 5.64. The van der Waals surface area contributed by atoms with Crippen LogP contribution in [0, 0.1) is 5.92 Å². The second-order valence-electron chi connectivity index (χ2n) is 4.13. The number of hydrogen-bond acceptors (Lipinski definition) is 2. The molecule has 0 spiro atoms. The van der Waals surface area contributed by atoms with Crippen LogP contribution in [0.1, 0.15) is 24.8 Å². The van der Waals surface area contributed by atoms with Gasteiger partial charge in [-0.2, -0.15) is 0 Å². The highest BCUT2D eigenvalue weighted by Gasteiger charge is 2.39. The van der Waals surface area contributed by atoms with Crippen molar-refractivity contribution in [2.75, 3.05) is 20.2 Å². The lowest BCUT2D eigenvalue weighted by molar-refractivity contribution is 0.336. The third-order valence-electron chi connectivity index (χ3n) is 3.01. The maximum absolute atomic E-state index is 5.64. The van der Waals surface area contributed by atoms with Gasteiger partial charge in [-0.25, -0.2) is 0 Å². The van der Waals surface area contributed by atoms with Crippen molar-refractivity contribution in [3.8, 4) is 5.75 Å². The first kappa shape index (κ1) is 10.5. The molecule has 2 unspecified atom stereocenters. The van der Waals surface area contributed by atoms with Gasteiger partial charge in [0, 0.05) is 0 Å². The molecule has 1 saturated carbocycles. The standard InChI is InChI=1S/C13H19NO/c1-3-15-13-7-5-4-6-11(13)12-8-10(12)9-14-2/h4-7,10,12,14H,3,8-9H2,1-2H3. The van der Waals surface area contributed by atoms with Gasteiger partial charge in [-0.3, -0.25) is 0 Å². The summed E-state index contributed by atoms with van der Waals surface area (Å²) in [5, 5.41) is 3.24. The van der Waals surface area contributed by atoms with E-state index in [1.54, 1.807) is 0 Å². The highest BCUT2D eigenvalue weighted by atomic mass is 16.5. The van der Waals surface area contributed by atoms with E-state index in [1.807, 2.05) is 20.0 Å². The van der Waals surface area contributed by atoms with Crippen molar-refractivity contribution < 1.29 is 4.74 Å². The molecule has 1 aromatic rings. The van der Waals surface area contributed by atoms with Gasteiger partial charge in [-0.1, -0.05) is 18.2 Å². The zero-order valence-electron chi connectivity index (χ0n) is 9.49. The van der Waals surface area contributed by atoms with Crippen molar-refractivity contribution in [2.24, 2.45) is 5.92 Å². The van der Waals surface area contributed by atoms with Gasteiger partial charge < -0.3 is 10.1 Å². The monoisotopic (exact) mass is 205 g/mol. The van der Waals surface area contributed by atoms with E-state index >= 15 is 0 Å². The third-order valence-corrected chi connectivity index (χ3v) is 3.01. The fourth-order valence-electron chi connectivity index (χ4n) is 2.19. The highest BCUT2D eigenvalue weighted by Crippen LogP contribution is 2.49. The number of rotatable bonds is 5. The van der Waals surface area contributed by atoms with Crippen molar-refractivity contribution in [3.05, 3.63) is 29.8 Å². The van der Waals surface area contributed by atoms with Crippen molar-refractivity contribution in [1.82, 2.24) is 5.32 Å². The second-order valence-corrected chi connectivity index (χ2v) is 4.13. The molecule has 1 aliphatic carbocycles. The average Bonchev–Trinajstić information content (AvgIpc) is 2.99. The Balaban J connectivity index is 2.08. The summed E-state index contributed by atoms with van der Waals surface area (Å²) in [6.45, 7) is 3.90. The highest BCUT2D eigenvalue weighted by molar-refractivity contribution is 5.39. The quantitative estimate of drug-likeness (QED) is 0.797. The molecule has 1 N–H and O–H groups in total. The molecule has 15 heavy (non-hydrogen) atoms. The average molecular weight is 205 g/mol. The Labute approximate surface area is 91.6 Å². The molecule has 1 aromatic carbocycles. The lowest BCUT2D eigenvalue weighted by atomic mass is 10.1. The van der Waals surface area contributed by atoms with Gasteiger partial charge in [0.15, 0.2) is 0 Å². The summed E-state index contributed by atoms with van der Waals surface area (Å²) >= 11 is 0. The van der Waals surface area contributed by atoms with Gasteiger partial charge in [-0.05, 0) is 50.4 Å². The van der Waals surface area contributed by atoms with Gasteiger partial charge in [0.25, 0.3) is 0 Å². The predicted molar refractivity (Wildman–Crippen MR) is 62.4 cm³/mol. The van der Waals surface area contributed by atoms with E-state index in [0.717, 1.165) is 24.8 Å². The minimum absolute atomic E-state index is 0.709. The molecular formula is C13H19NO. The second kappa shape index (κ2) is 4.67. The van der Waals surface area contributed by atoms with Crippen LogP contribution in [0.25, 0.3) is 0 Å². The number of nitrogens with one attached hydrogen (secondary N) is 1. The first-order valence-electron chi connectivity index (χ1n) is 5.73. The lowest BCUT2D eigenvalue weighted by Gasteiger charge is -2.09. The van der Waals surface area contributed by atoms with Crippen LogP contribution in [0.4, 0.5) is 0 Å². The molecule has 0 radical (unpaired) electrons. The minimum Gasteiger partial charge on any atom is -0.494 e. The first-order chi connectivity index (χ1) is 7.36. The molecule has 0 saturated heterocycles. The van der Waals surface area contributed by atoms with E-state index in [2.05, 4.69) is 23.5 Å². The predicted octanol–water partition coefficient (Wildman–Crippen LogP) is 2.41. The van der Waals surface area contributed by atoms with Crippen LogP contribution in [0.3, 0.4) is 0 Å². The van der Waals surface area contributed by atoms with E-state index < -0.39 is 0 Å². The van der Waals surface area contributed by atoms with Gasteiger partial charge in [0.05, 0.1) is 6.61 Å². The maximum atomic E-state index is 5.64. The molecule has 0 bridgehead atoms. The Kier molecular flexibility index (Phi) is 3.27. The van der Waals surface area contributed by atoms with E-state index in [0.29, 0.717) is 5.92 Å². The third kappa shape index (κ3) is 2.32. The van der Waals surface area contributed by atoms with Crippen LogP contribution in [-0.2, 0) is 0 Å².